The van der Waals surface area contributed by atoms with E-state index in [-0.39, 0.29) is 22.3 Å². The molecule has 4 nitrogen and oxygen atoms in total. The van der Waals surface area contributed by atoms with E-state index in [0.29, 0.717) is 11.3 Å². The fraction of sp³-hybridized carbons (Fsp3) is 0. The molecular formula is C14H8ClF2N3O. The van der Waals surface area contributed by atoms with E-state index in [0.717, 1.165) is 12.1 Å². The summed E-state index contributed by atoms with van der Waals surface area (Å²) in [6, 6.07) is 8.57. The summed E-state index contributed by atoms with van der Waals surface area (Å²) >= 11 is 5.50. The lowest BCUT2D eigenvalue weighted by Crippen LogP contribution is -1.89. The predicted octanol–water partition coefficient (Wildman–Crippen LogP) is 3.92. The maximum Gasteiger partial charge on any atom is 0.261 e. The molecule has 0 saturated heterocycles. The maximum absolute atomic E-state index is 13.8. The summed E-state index contributed by atoms with van der Waals surface area (Å²) in [5.74, 6) is -1.42. The molecule has 0 aliphatic carbocycles. The summed E-state index contributed by atoms with van der Waals surface area (Å²) in [4.78, 5) is 4.04. The van der Waals surface area contributed by atoms with Crippen LogP contribution in [0.2, 0.25) is 5.02 Å². The molecule has 0 aliphatic rings. The highest BCUT2D eigenvalue weighted by atomic mass is 35.5. The van der Waals surface area contributed by atoms with E-state index in [4.69, 9.17) is 21.9 Å². The van der Waals surface area contributed by atoms with Crippen LogP contribution in [-0.4, -0.2) is 10.1 Å². The largest absolute Gasteiger partial charge is 0.399 e. The van der Waals surface area contributed by atoms with Gasteiger partial charge in [-0.2, -0.15) is 4.98 Å². The van der Waals surface area contributed by atoms with Crippen LogP contribution in [0.4, 0.5) is 14.5 Å². The Morgan fingerprint density at radius 1 is 1.10 bits per heavy atom. The van der Waals surface area contributed by atoms with Gasteiger partial charge in [-0.1, -0.05) is 28.9 Å². The van der Waals surface area contributed by atoms with Crippen LogP contribution in [0.15, 0.2) is 40.9 Å². The Labute approximate surface area is 123 Å². The molecule has 2 N–H and O–H groups in total. The van der Waals surface area contributed by atoms with Crippen LogP contribution >= 0.6 is 11.6 Å². The van der Waals surface area contributed by atoms with Gasteiger partial charge in [0.05, 0.1) is 10.6 Å². The topological polar surface area (TPSA) is 64.9 Å². The number of aromatic nitrogens is 2. The van der Waals surface area contributed by atoms with Gasteiger partial charge in [0.15, 0.2) is 0 Å². The van der Waals surface area contributed by atoms with Gasteiger partial charge >= 0.3 is 0 Å². The summed E-state index contributed by atoms with van der Waals surface area (Å²) < 4.78 is 32.2. The molecule has 1 heterocycles. The van der Waals surface area contributed by atoms with Gasteiger partial charge in [0.25, 0.3) is 5.89 Å². The normalized spacial score (nSPS) is 10.8. The lowest BCUT2D eigenvalue weighted by Gasteiger charge is -1.99. The minimum atomic E-state index is -0.767. The van der Waals surface area contributed by atoms with Crippen molar-refractivity contribution in [3.05, 3.63) is 53.1 Å². The van der Waals surface area contributed by atoms with Crippen LogP contribution in [0.3, 0.4) is 0 Å². The van der Waals surface area contributed by atoms with Crippen LogP contribution in [0.1, 0.15) is 0 Å². The lowest BCUT2D eigenvalue weighted by atomic mass is 10.2. The molecule has 3 rings (SSSR count). The van der Waals surface area contributed by atoms with Gasteiger partial charge in [0, 0.05) is 11.3 Å². The molecule has 0 aliphatic heterocycles. The molecule has 106 valence electrons. The monoisotopic (exact) mass is 307 g/mol. The van der Waals surface area contributed by atoms with E-state index in [2.05, 4.69) is 10.1 Å². The van der Waals surface area contributed by atoms with Crippen LogP contribution in [0.25, 0.3) is 22.8 Å². The van der Waals surface area contributed by atoms with Crippen LogP contribution in [0, 0.1) is 11.6 Å². The number of nitrogens with two attached hydrogens (primary N) is 1. The summed E-state index contributed by atoms with van der Waals surface area (Å²) in [5, 5.41) is 3.42. The van der Waals surface area contributed by atoms with Gasteiger partial charge < -0.3 is 10.3 Å². The number of hydrogen-bond donors (Lipinski definition) is 1. The molecule has 0 amide bonds. The highest BCUT2D eigenvalue weighted by Crippen LogP contribution is 2.28. The van der Waals surface area contributed by atoms with Crippen molar-refractivity contribution in [1.82, 2.24) is 10.1 Å². The minimum Gasteiger partial charge on any atom is -0.399 e. The number of anilines is 1. The van der Waals surface area contributed by atoms with Crippen molar-refractivity contribution >= 4 is 17.3 Å². The molecule has 0 unspecified atom stereocenters. The second-order valence-corrected chi connectivity index (χ2v) is 4.70. The number of nitrogen functional groups attached to an aromatic ring is 1. The first-order valence-corrected chi connectivity index (χ1v) is 6.27. The first-order valence-electron chi connectivity index (χ1n) is 5.89. The van der Waals surface area contributed by atoms with Crippen LogP contribution in [0.5, 0.6) is 0 Å². The predicted molar refractivity (Wildman–Crippen MR) is 74.5 cm³/mol. The van der Waals surface area contributed by atoms with E-state index >= 15 is 0 Å². The van der Waals surface area contributed by atoms with E-state index in [1.807, 2.05) is 0 Å². The zero-order valence-corrected chi connectivity index (χ0v) is 11.2. The maximum atomic E-state index is 13.8. The molecule has 0 radical (unpaired) electrons. The molecule has 0 saturated carbocycles. The van der Waals surface area contributed by atoms with Crippen LogP contribution in [-0.2, 0) is 0 Å². The van der Waals surface area contributed by atoms with E-state index in [9.17, 15) is 8.78 Å². The molecule has 2 aromatic carbocycles. The molecule has 0 fully saturated rings. The molecule has 1 aromatic heterocycles. The highest BCUT2D eigenvalue weighted by molar-refractivity contribution is 6.30. The quantitative estimate of drug-likeness (QED) is 0.575. The van der Waals surface area contributed by atoms with Crippen molar-refractivity contribution in [1.29, 1.82) is 0 Å². The third-order valence-electron chi connectivity index (χ3n) is 2.81. The molecule has 0 spiro atoms. The average molecular weight is 308 g/mol. The van der Waals surface area contributed by atoms with Gasteiger partial charge in [0.1, 0.15) is 11.6 Å². The van der Waals surface area contributed by atoms with E-state index < -0.39 is 11.6 Å². The highest BCUT2D eigenvalue weighted by Gasteiger charge is 2.17. The molecule has 0 atom stereocenters. The Bertz CT molecular complexity index is 820. The van der Waals surface area contributed by atoms with E-state index in [1.165, 1.54) is 0 Å². The third kappa shape index (κ3) is 2.57. The van der Waals surface area contributed by atoms with Gasteiger partial charge in [-0.25, -0.2) is 8.78 Å². The molecule has 0 bridgehead atoms. The number of nitrogens with zero attached hydrogens (tertiary/aromatic N) is 2. The zero-order valence-electron chi connectivity index (χ0n) is 10.5. The Kier molecular flexibility index (Phi) is 3.31. The van der Waals surface area contributed by atoms with Crippen molar-refractivity contribution in [2.75, 3.05) is 5.73 Å². The first kappa shape index (κ1) is 13.5. The number of halogens is 3. The Morgan fingerprint density at radius 3 is 2.67 bits per heavy atom. The fourth-order valence-electron chi connectivity index (χ4n) is 1.81. The Balaban J connectivity index is 2.05. The average Bonchev–Trinajstić information content (AvgIpc) is 2.92. The van der Waals surface area contributed by atoms with Gasteiger partial charge in [0.2, 0.25) is 5.82 Å². The second-order valence-electron chi connectivity index (χ2n) is 4.29. The summed E-state index contributed by atoms with van der Waals surface area (Å²) in [6.07, 6.45) is 0. The zero-order chi connectivity index (χ0) is 15.0. The van der Waals surface area contributed by atoms with Crippen molar-refractivity contribution in [2.24, 2.45) is 0 Å². The van der Waals surface area contributed by atoms with Crippen molar-refractivity contribution < 1.29 is 13.3 Å². The minimum absolute atomic E-state index is 0.138. The lowest BCUT2D eigenvalue weighted by molar-refractivity contribution is 0.429. The summed E-state index contributed by atoms with van der Waals surface area (Å²) in [5.41, 5.74) is 6.65. The van der Waals surface area contributed by atoms with Crippen molar-refractivity contribution in [3.63, 3.8) is 0 Å². The van der Waals surface area contributed by atoms with Gasteiger partial charge in [-0.05, 0) is 24.3 Å². The van der Waals surface area contributed by atoms with Gasteiger partial charge in [-0.3, -0.25) is 0 Å². The van der Waals surface area contributed by atoms with Crippen LogP contribution < -0.4 is 5.73 Å². The Morgan fingerprint density at radius 2 is 1.90 bits per heavy atom. The van der Waals surface area contributed by atoms with Crippen molar-refractivity contribution in [3.8, 4) is 22.8 Å². The fourth-order valence-corrected chi connectivity index (χ4v) is 1.96. The summed E-state index contributed by atoms with van der Waals surface area (Å²) in [6.45, 7) is 0. The SMILES string of the molecule is Nc1cccc(-c2noc(-c3cc(F)c(Cl)cc3F)n2)c1. The number of hydrogen-bond acceptors (Lipinski definition) is 4. The number of benzene rings is 2. The standard InChI is InChI=1S/C14H8ClF2N3O/c15-10-6-11(16)9(5-12(10)17)14-19-13(20-21-14)7-2-1-3-8(18)4-7/h1-6H,18H2. The molecule has 3 aromatic rings. The summed E-state index contributed by atoms with van der Waals surface area (Å²) in [7, 11) is 0. The van der Waals surface area contributed by atoms with Crippen molar-refractivity contribution in [2.45, 2.75) is 0 Å². The third-order valence-corrected chi connectivity index (χ3v) is 3.10. The number of rotatable bonds is 2. The second kappa shape index (κ2) is 5.14. The molecule has 7 heteroatoms. The molecule has 21 heavy (non-hydrogen) atoms. The molecular weight excluding hydrogens is 300 g/mol. The Hall–Kier alpha value is -2.47. The smallest absolute Gasteiger partial charge is 0.261 e. The van der Waals surface area contributed by atoms with E-state index in [1.54, 1.807) is 24.3 Å². The van der Waals surface area contributed by atoms with Gasteiger partial charge in [-0.15, -0.1) is 0 Å². The first-order chi connectivity index (χ1) is 10.0.